The standard InChI is InChI=1S/C5H4ClF3N2/c1-3-4(6)2-11(10-3)5(7,8)9/h2H,1H3. The molecular formula is C5H4ClF3N2. The molecule has 1 aromatic rings. The van der Waals surface area contributed by atoms with Crippen LogP contribution in [0.3, 0.4) is 0 Å². The number of hydrogen-bond acceptors (Lipinski definition) is 1. The zero-order valence-electron chi connectivity index (χ0n) is 5.48. The molecule has 62 valence electrons. The molecule has 0 saturated carbocycles. The van der Waals surface area contributed by atoms with Gasteiger partial charge in [0.2, 0.25) is 0 Å². The molecule has 11 heavy (non-hydrogen) atoms. The zero-order valence-corrected chi connectivity index (χ0v) is 6.24. The molecule has 1 aromatic heterocycles. The summed E-state index contributed by atoms with van der Waals surface area (Å²) in [5.41, 5.74) is 0.170. The van der Waals surface area contributed by atoms with Gasteiger partial charge in [0, 0.05) is 0 Å². The third-order valence-corrected chi connectivity index (χ3v) is 1.47. The molecule has 0 spiro atoms. The van der Waals surface area contributed by atoms with Crippen molar-refractivity contribution in [3.63, 3.8) is 0 Å². The molecule has 0 atom stereocenters. The number of hydrogen-bond donors (Lipinski definition) is 0. The predicted molar refractivity (Wildman–Crippen MR) is 33.3 cm³/mol. The second kappa shape index (κ2) is 2.41. The van der Waals surface area contributed by atoms with Crippen molar-refractivity contribution in [2.45, 2.75) is 13.2 Å². The molecule has 0 aliphatic heterocycles. The Morgan fingerprint density at radius 3 is 2.27 bits per heavy atom. The topological polar surface area (TPSA) is 17.8 Å². The summed E-state index contributed by atoms with van der Waals surface area (Å²) in [6.45, 7) is 1.41. The van der Waals surface area contributed by atoms with E-state index in [0.29, 0.717) is 0 Å². The van der Waals surface area contributed by atoms with Crippen LogP contribution in [0.15, 0.2) is 6.20 Å². The van der Waals surface area contributed by atoms with Gasteiger partial charge in [-0.25, -0.2) is 0 Å². The third kappa shape index (κ3) is 1.65. The summed E-state index contributed by atoms with van der Waals surface area (Å²) in [5, 5.41) is 3.16. The van der Waals surface area contributed by atoms with Crippen LogP contribution in [0, 0.1) is 6.92 Å². The molecule has 0 unspecified atom stereocenters. The second-order valence-corrected chi connectivity index (χ2v) is 2.38. The van der Waals surface area contributed by atoms with E-state index in [0.717, 1.165) is 6.20 Å². The SMILES string of the molecule is Cc1nn(C(F)(F)F)cc1Cl. The van der Waals surface area contributed by atoms with E-state index in [9.17, 15) is 13.2 Å². The normalized spacial score (nSPS) is 12.1. The van der Waals surface area contributed by atoms with Crippen LogP contribution in [0.4, 0.5) is 13.2 Å². The molecule has 0 radical (unpaired) electrons. The maximum absolute atomic E-state index is 11.8. The fraction of sp³-hybridized carbons (Fsp3) is 0.400. The van der Waals surface area contributed by atoms with Crippen molar-refractivity contribution in [2.24, 2.45) is 0 Å². The molecule has 0 aliphatic rings. The van der Waals surface area contributed by atoms with Gasteiger partial charge in [-0.1, -0.05) is 11.6 Å². The highest BCUT2D eigenvalue weighted by molar-refractivity contribution is 6.31. The lowest BCUT2D eigenvalue weighted by molar-refractivity contribution is -0.212. The first-order valence-corrected chi connectivity index (χ1v) is 3.08. The lowest BCUT2D eigenvalue weighted by Gasteiger charge is -2.03. The molecule has 0 aromatic carbocycles. The maximum Gasteiger partial charge on any atom is 0.504 e. The minimum atomic E-state index is -4.47. The van der Waals surface area contributed by atoms with Crippen LogP contribution in [0.25, 0.3) is 0 Å². The summed E-state index contributed by atoms with van der Waals surface area (Å²) < 4.78 is 35.3. The van der Waals surface area contributed by atoms with Gasteiger partial charge in [0.05, 0.1) is 16.9 Å². The van der Waals surface area contributed by atoms with Crippen molar-refractivity contribution in [1.82, 2.24) is 9.78 Å². The van der Waals surface area contributed by atoms with Gasteiger partial charge in [0.1, 0.15) is 0 Å². The van der Waals surface area contributed by atoms with E-state index in [1.807, 2.05) is 0 Å². The summed E-state index contributed by atoms with van der Waals surface area (Å²) in [6.07, 6.45) is -3.74. The summed E-state index contributed by atoms with van der Waals surface area (Å²) in [6, 6.07) is 0. The largest absolute Gasteiger partial charge is 0.504 e. The molecule has 1 heterocycles. The molecule has 2 nitrogen and oxygen atoms in total. The Morgan fingerprint density at radius 2 is 2.09 bits per heavy atom. The monoisotopic (exact) mass is 184 g/mol. The van der Waals surface area contributed by atoms with Gasteiger partial charge in [-0.2, -0.15) is 9.78 Å². The Morgan fingerprint density at radius 1 is 1.55 bits per heavy atom. The van der Waals surface area contributed by atoms with Gasteiger partial charge in [0.15, 0.2) is 0 Å². The highest BCUT2D eigenvalue weighted by atomic mass is 35.5. The van der Waals surface area contributed by atoms with E-state index in [-0.39, 0.29) is 15.4 Å². The Kier molecular flexibility index (Phi) is 1.83. The van der Waals surface area contributed by atoms with E-state index < -0.39 is 6.30 Å². The van der Waals surface area contributed by atoms with E-state index in [1.54, 1.807) is 0 Å². The Labute approximate surface area is 65.6 Å². The van der Waals surface area contributed by atoms with Crippen LogP contribution in [0.5, 0.6) is 0 Å². The molecule has 0 aliphatic carbocycles. The number of alkyl halides is 3. The third-order valence-electron chi connectivity index (χ3n) is 1.10. The van der Waals surface area contributed by atoms with Crippen molar-refractivity contribution < 1.29 is 13.2 Å². The molecule has 6 heteroatoms. The van der Waals surface area contributed by atoms with Gasteiger partial charge in [-0.05, 0) is 6.92 Å². The minimum Gasteiger partial charge on any atom is -0.177 e. The number of nitrogens with zero attached hydrogens (tertiary/aromatic N) is 2. The Bertz CT molecular complexity index is 246. The average Bonchev–Trinajstić information content (AvgIpc) is 2.11. The summed E-state index contributed by atoms with van der Waals surface area (Å²) in [4.78, 5) is 0. The smallest absolute Gasteiger partial charge is 0.177 e. The fourth-order valence-corrected chi connectivity index (χ4v) is 0.699. The van der Waals surface area contributed by atoms with Crippen LogP contribution in [0.2, 0.25) is 5.02 Å². The molecule has 0 fully saturated rings. The highest BCUT2D eigenvalue weighted by Gasteiger charge is 2.32. The van der Waals surface area contributed by atoms with Crippen LogP contribution < -0.4 is 0 Å². The van der Waals surface area contributed by atoms with E-state index >= 15 is 0 Å². The van der Waals surface area contributed by atoms with Crippen molar-refractivity contribution >= 4 is 11.6 Å². The summed E-state index contributed by atoms with van der Waals surface area (Å²) >= 11 is 5.35. The van der Waals surface area contributed by atoms with Gasteiger partial charge in [-0.3, -0.25) is 0 Å². The highest BCUT2D eigenvalue weighted by Crippen LogP contribution is 2.24. The van der Waals surface area contributed by atoms with Gasteiger partial charge in [-0.15, -0.1) is 13.2 Å². The summed E-state index contributed by atoms with van der Waals surface area (Å²) in [7, 11) is 0. The van der Waals surface area contributed by atoms with E-state index in [4.69, 9.17) is 11.6 Å². The quantitative estimate of drug-likeness (QED) is 0.605. The van der Waals surface area contributed by atoms with Crippen molar-refractivity contribution in [3.05, 3.63) is 16.9 Å². The second-order valence-electron chi connectivity index (χ2n) is 1.97. The molecular weight excluding hydrogens is 181 g/mol. The number of rotatable bonds is 0. The van der Waals surface area contributed by atoms with Crippen molar-refractivity contribution in [3.8, 4) is 0 Å². The van der Waals surface area contributed by atoms with Crippen LogP contribution in [0.1, 0.15) is 5.69 Å². The van der Waals surface area contributed by atoms with Gasteiger partial charge < -0.3 is 0 Å². The first-order valence-electron chi connectivity index (χ1n) is 2.70. The number of aromatic nitrogens is 2. The number of aryl methyl sites for hydroxylation is 1. The van der Waals surface area contributed by atoms with Gasteiger partial charge >= 0.3 is 6.30 Å². The van der Waals surface area contributed by atoms with E-state index in [1.165, 1.54) is 6.92 Å². The maximum atomic E-state index is 11.8. The molecule has 0 N–H and O–H groups in total. The van der Waals surface area contributed by atoms with Crippen LogP contribution in [-0.4, -0.2) is 9.78 Å². The minimum absolute atomic E-state index is 0.0160. The molecule has 1 rings (SSSR count). The predicted octanol–water partition coefficient (Wildman–Crippen LogP) is 2.32. The fourth-order valence-electron chi connectivity index (χ4n) is 0.569. The van der Waals surface area contributed by atoms with Crippen molar-refractivity contribution in [1.29, 1.82) is 0 Å². The van der Waals surface area contributed by atoms with Gasteiger partial charge in [0.25, 0.3) is 0 Å². The first kappa shape index (κ1) is 8.39. The Hall–Kier alpha value is -0.710. The first-order chi connectivity index (χ1) is 4.91. The van der Waals surface area contributed by atoms with Crippen molar-refractivity contribution in [2.75, 3.05) is 0 Å². The molecule has 0 amide bonds. The van der Waals surface area contributed by atoms with Crippen LogP contribution in [-0.2, 0) is 6.30 Å². The lowest BCUT2D eigenvalue weighted by Crippen LogP contribution is -2.16. The average molecular weight is 185 g/mol. The van der Waals surface area contributed by atoms with E-state index in [2.05, 4.69) is 5.10 Å². The lowest BCUT2D eigenvalue weighted by atomic mass is 10.5. The zero-order chi connectivity index (χ0) is 8.65. The molecule has 0 saturated heterocycles. The Balaban J connectivity index is 3.08. The number of halogens is 4. The summed E-state index contributed by atoms with van der Waals surface area (Å²) in [5.74, 6) is 0. The molecule has 0 bridgehead atoms. The van der Waals surface area contributed by atoms with Crippen LogP contribution >= 0.6 is 11.6 Å².